The van der Waals surface area contributed by atoms with E-state index in [4.69, 9.17) is 23.2 Å². The first-order valence-corrected chi connectivity index (χ1v) is 6.84. The lowest BCUT2D eigenvalue weighted by atomic mass is 10.2. The molecule has 8 heteroatoms. The highest BCUT2D eigenvalue weighted by Gasteiger charge is 2.08. The van der Waals surface area contributed by atoms with Gasteiger partial charge >= 0.3 is 0 Å². The molecule has 0 aliphatic heterocycles. The highest BCUT2D eigenvalue weighted by atomic mass is 35.5. The summed E-state index contributed by atoms with van der Waals surface area (Å²) in [4.78, 5) is 23.4. The average Bonchev–Trinajstić information content (AvgIpc) is 3.00. The number of aromatic nitrogens is 2. The number of carbonyl (C=O) groups excluding carboxylic acids is 2. The third-order valence-corrected chi connectivity index (χ3v) is 3.36. The lowest BCUT2D eigenvalue weighted by molar-refractivity contribution is 0.0925. The summed E-state index contributed by atoms with van der Waals surface area (Å²) in [6.07, 6.45) is 1.49. The predicted molar refractivity (Wildman–Crippen MR) is 79.7 cm³/mol. The normalized spacial score (nSPS) is 10.2. The van der Waals surface area contributed by atoms with Gasteiger partial charge in [-0.2, -0.15) is 5.10 Å². The number of amides is 2. The second kappa shape index (κ2) is 7.10. The van der Waals surface area contributed by atoms with E-state index in [-0.39, 0.29) is 11.8 Å². The van der Waals surface area contributed by atoms with Crippen LogP contribution in [0, 0.1) is 0 Å². The molecule has 0 atom stereocenters. The van der Waals surface area contributed by atoms with E-state index in [9.17, 15) is 9.59 Å². The van der Waals surface area contributed by atoms with Crippen LogP contribution in [0.25, 0.3) is 0 Å². The van der Waals surface area contributed by atoms with Crippen molar-refractivity contribution in [1.82, 2.24) is 20.8 Å². The monoisotopic (exact) mass is 326 g/mol. The third kappa shape index (κ3) is 4.21. The maximum atomic E-state index is 11.8. The van der Waals surface area contributed by atoms with Gasteiger partial charge in [0, 0.05) is 24.8 Å². The number of rotatable bonds is 5. The standard InChI is InChI=1S/C13H12Cl2N4O2/c14-9-2-1-8(7-10(9)15)12(20)16-5-6-17-13(21)11-3-4-18-19-11/h1-4,7H,5-6H2,(H,16,20)(H,17,21)(H,18,19). The Morgan fingerprint density at radius 1 is 1.05 bits per heavy atom. The number of halogens is 2. The Kier molecular flexibility index (Phi) is 5.19. The Hall–Kier alpha value is -2.05. The molecule has 1 aromatic heterocycles. The minimum absolute atomic E-state index is 0.281. The van der Waals surface area contributed by atoms with Gasteiger partial charge in [-0.3, -0.25) is 14.7 Å². The van der Waals surface area contributed by atoms with Gasteiger partial charge in [0.25, 0.3) is 11.8 Å². The van der Waals surface area contributed by atoms with Crippen molar-refractivity contribution in [3.8, 4) is 0 Å². The molecule has 1 heterocycles. The first kappa shape index (κ1) is 15.3. The van der Waals surface area contributed by atoms with Gasteiger partial charge in [0.05, 0.1) is 10.0 Å². The number of hydrogen-bond acceptors (Lipinski definition) is 3. The molecule has 2 rings (SSSR count). The SMILES string of the molecule is O=C(NCCNC(=O)c1ccn[nH]1)c1ccc(Cl)c(Cl)c1. The quantitative estimate of drug-likeness (QED) is 0.733. The van der Waals surface area contributed by atoms with Crippen LogP contribution < -0.4 is 10.6 Å². The molecule has 0 saturated carbocycles. The molecular formula is C13H12Cl2N4O2. The van der Waals surface area contributed by atoms with E-state index in [0.717, 1.165) is 0 Å². The van der Waals surface area contributed by atoms with Crippen molar-refractivity contribution in [2.75, 3.05) is 13.1 Å². The van der Waals surface area contributed by atoms with Gasteiger partial charge in [0.1, 0.15) is 5.69 Å². The highest BCUT2D eigenvalue weighted by molar-refractivity contribution is 6.42. The van der Waals surface area contributed by atoms with Crippen molar-refractivity contribution in [2.45, 2.75) is 0 Å². The summed E-state index contributed by atoms with van der Waals surface area (Å²) < 4.78 is 0. The second-order valence-corrected chi connectivity index (χ2v) is 4.93. The molecular weight excluding hydrogens is 315 g/mol. The Morgan fingerprint density at radius 2 is 1.76 bits per heavy atom. The summed E-state index contributed by atoms with van der Waals surface area (Å²) in [6.45, 7) is 0.587. The van der Waals surface area contributed by atoms with E-state index in [1.807, 2.05) is 0 Å². The summed E-state index contributed by atoms with van der Waals surface area (Å²) in [7, 11) is 0. The predicted octanol–water partition coefficient (Wildman–Crippen LogP) is 1.88. The molecule has 0 bridgehead atoms. The number of nitrogens with zero attached hydrogens (tertiary/aromatic N) is 1. The fourth-order valence-electron chi connectivity index (χ4n) is 1.57. The van der Waals surface area contributed by atoms with Crippen LogP contribution in [0.1, 0.15) is 20.8 Å². The van der Waals surface area contributed by atoms with Crippen LogP contribution in [-0.2, 0) is 0 Å². The summed E-state index contributed by atoms with van der Waals surface area (Å²) in [5, 5.41) is 12.2. The van der Waals surface area contributed by atoms with Crippen LogP contribution >= 0.6 is 23.2 Å². The maximum absolute atomic E-state index is 11.8. The van der Waals surface area contributed by atoms with Crippen molar-refractivity contribution in [3.05, 3.63) is 51.8 Å². The van der Waals surface area contributed by atoms with Gasteiger partial charge in [0.15, 0.2) is 0 Å². The number of benzene rings is 1. The number of carbonyl (C=O) groups is 2. The minimum atomic E-state index is -0.288. The summed E-state index contributed by atoms with van der Waals surface area (Å²) in [5.41, 5.74) is 0.773. The zero-order valence-electron chi connectivity index (χ0n) is 10.8. The molecule has 0 unspecified atom stereocenters. The van der Waals surface area contributed by atoms with Gasteiger partial charge in [-0.1, -0.05) is 23.2 Å². The Balaban J connectivity index is 1.77. The number of nitrogens with one attached hydrogen (secondary N) is 3. The van der Waals surface area contributed by atoms with Crippen molar-refractivity contribution in [2.24, 2.45) is 0 Å². The summed E-state index contributed by atoms with van der Waals surface area (Å²) in [5.74, 6) is -0.569. The Morgan fingerprint density at radius 3 is 2.38 bits per heavy atom. The van der Waals surface area contributed by atoms with Crippen molar-refractivity contribution < 1.29 is 9.59 Å². The fourth-order valence-corrected chi connectivity index (χ4v) is 1.87. The first-order chi connectivity index (χ1) is 10.1. The first-order valence-electron chi connectivity index (χ1n) is 6.09. The topological polar surface area (TPSA) is 86.9 Å². The van der Waals surface area contributed by atoms with Gasteiger partial charge in [-0.15, -0.1) is 0 Å². The van der Waals surface area contributed by atoms with Gasteiger partial charge in [0.2, 0.25) is 0 Å². The molecule has 0 saturated heterocycles. The molecule has 1 aromatic carbocycles. The van der Waals surface area contributed by atoms with Crippen LogP contribution in [0.15, 0.2) is 30.5 Å². The lowest BCUT2D eigenvalue weighted by Gasteiger charge is -2.07. The molecule has 21 heavy (non-hydrogen) atoms. The van der Waals surface area contributed by atoms with E-state index >= 15 is 0 Å². The van der Waals surface area contributed by atoms with Gasteiger partial charge < -0.3 is 10.6 Å². The average molecular weight is 327 g/mol. The maximum Gasteiger partial charge on any atom is 0.269 e. The number of aromatic amines is 1. The van der Waals surface area contributed by atoms with Crippen LogP contribution in [0.5, 0.6) is 0 Å². The zero-order chi connectivity index (χ0) is 15.2. The van der Waals surface area contributed by atoms with Crippen LogP contribution in [0.4, 0.5) is 0 Å². The zero-order valence-corrected chi connectivity index (χ0v) is 12.3. The van der Waals surface area contributed by atoms with E-state index in [1.54, 1.807) is 18.2 Å². The molecule has 2 amide bonds. The fraction of sp³-hybridized carbons (Fsp3) is 0.154. The largest absolute Gasteiger partial charge is 0.350 e. The van der Waals surface area contributed by atoms with Crippen LogP contribution in [-0.4, -0.2) is 35.1 Å². The van der Waals surface area contributed by atoms with Gasteiger partial charge in [-0.05, 0) is 24.3 Å². The number of H-pyrrole nitrogens is 1. The molecule has 0 aliphatic rings. The smallest absolute Gasteiger partial charge is 0.269 e. The summed E-state index contributed by atoms with van der Waals surface area (Å²) in [6, 6.07) is 6.18. The van der Waals surface area contributed by atoms with E-state index in [2.05, 4.69) is 20.8 Å². The van der Waals surface area contributed by atoms with E-state index < -0.39 is 0 Å². The Labute approximate surface area is 130 Å². The Bertz CT molecular complexity index is 644. The molecule has 0 aliphatic carbocycles. The molecule has 2 aromatic rings. The third-order valence-electron chi connectivity index (χ3n) is 2.62. The minimum Gasteiger partial charge on any atom is -0.350 e. The van der Waals surface area contributed by atoms with E-state index in [0.29, 0.717) is 34.4 Å². The lowest BCUT2D eigenvalue weighted by Crippen LogP contribution is -2.34. The molecule has 3 N–H and O–H groups in total. The van der Waals surface area contributed by atoms with Crippen molar-refractivity contribution in [3.63, 3.8) is 0 Å². The molecule has 0 fully saturated rings. The molecule has 0 radical (unpaired) electrons. The number of hydrogen-bond donors (Lipinski definition) is 3. The second-order valence-electron chi connectivity index (χ2n) is 4.11. The van der Waals surface area contributed by atoms with Crippen molar-refractivity contribution >= 4 is 35.0 Å². The summed E-state index contributed by atoms with van der Waals surface area (Å²) >= 11 is 11.6. The highest BCUT2D eigenvalue weighted by Crippen LogP contribution is 2.22. The van der Waals surface area contributed by atoms with E-state index in [1.165, 1.54) is 12.3 Å². The van der Waals surface area contributed by atoms with Crippen LogP contribution in [0.2, 0.25) is 10.0 Å². The molecule has 110 valence electrons. The van der Waals surface area contributed by atoms with Gasteiger partial charge in [-0.25, -0.2) is 0 Å². The molecule has 0 spiro atoms. The van der Waals surface area contributed by atoms with Crippen molar-refractivity contribution in [1.29, 1.82) is 0 Å². The van der Waals surface area contributed by atoms with Crippen LogP contribution in [0.3, 0.4) is 0 Å². The molecule has 6 nitrogen and oxygen atoms in total.